The average Bonchev–Trinajstić information content (AvgIpc) is 2.79. The molecule has 1 heterocycles. The van der Waals surface area contributed by atoms with Gasteiger partial charge in [0.1, 0.15) is 0 Å². The van der Waals surface area contributed by atoms with Crippen LogP contribution in [0.2, 0.25) is 0 Å². The van der Waals surface area contributed by atoms with Crippen molar-refractivity contribution in [3.63, 3.8) is 0 Å². The van der Waals surface area contributed by atoms with Crippen molar-refractivity contribution in [2.75, 3.05) is 10.6 Å². The van der Waals surface area contributed by atoms with Crippen molar-refractivity contribution >= 4 is 23.3 Å². The third-order valence-corrected chi connectivity index (χ3v) is 4.57. The zero-order valence-corrected chi connectivity index (χ0v) is 16.4. The molecule has 140 valence electrons. The topological polar surface area (TPSA) is 88.1 Å². The van der Waals surface area contributed by atoms with Crippen LogP contribution in [0.15, 0.2) is 12.1 Å². The van der Waals surface area contributed by atoms with Gasteiger partial charge in [0.05, 0.1) is 11.7 Å². The number of nitrogens with zero attached hydrogens (tertiary/aromatic N) is 2. The second-order valence-corrected chi connectivity index (χ2v) is 6.64. The Kier molecular flexibility index (Phi) is 5.69. The van der Waals surface area contributed by atoms with Crippen molar-refractivity contribution in [1.29, 1.82) is 0 Å². The Balaban J connectivity index is 2.16. The molecule has 0 aliphatic heterocycles. The Hall–Kier alpha value is -2.83. The SMILES string of the molecule is CC(=O)Nc1c(C)ccc(NC(=O)N[C@@H](C)c2c(C)nn(C)c2C)c1C. The third kappa shape index (κ3) is 4.04. The summed E-state index contributed by atoms with van der Waals surface area (Å²) in [4.78, 5) is 23.9. The number of benzene rings is 1. The van der Waals surface area contributed by atoms with Gasteiger partial charge >= 0.3 is 6.03 Å². The van der Waals surface area contributed by atoms with Crippen LogP contribution in [0.3, 0.4) is 0 Å². The van der Waals surface area contributed by atoms with Gasteiger partial charge in [0.15, 0.2) is 0 Å². The number of carbonyl (C=O) groups is 2. The minimum Gasteiger partial charge on any atom is -0.331 e. The minimum atomic E-state index is -0.305. The van der Waals surface area contributed by atoms with Crippen LogP contribution in [-0.4, -0.2) is 21.7 Å². The molecule has 0 spiro atoms. The first-order valence-electron chi connectivity index (χ1n) is 8.57. The van der Waals surface area contributed by atoms with E-state index in [1.54, 1.807) is 0 Å². The lowest BCUT2D eigenvalue weighted by Crippen LogP contribution is -2.32. The second kappa shape index (κ2) is 7.59. The van der Waals surface area contributed by atoms with Gasteiger partial charge in [-0.25, -0.2) is 4.79 Å². The maximum atomic E-state index is 12.5. The summed E-state index contributed by atoms with van der Waals surface area (Å²) in [6.07, 6.45) is 0. The summed E-state index contributed by atoms with van der Waals surface area (Å²) in [6.45, 7) is 11.1. The second-order valence-electron chi connectivity index (χ2n) is 6.64. The fourth-order valence-corrected chi connectivity index (χ4v) is 3.19. The number of nitrogens with one attached hydrogen (secondary N) is 3. The molecule has 7 nitrogen and oxygen atoms in total. The largest absolute Gasteiger partial charge is 0.331 e. The van der Waals surface area contributed by atoms with E-state index in [9.17, 15) is 9.59 Å². The Morgan fingerprint density at radius 3 is 2.31 bits per heavy atom. The highest BCUT2D eigenvalue weighted by Gasteiger charge is 2.19. The van der Waals surface area contributed by atoms with Crippen LogP contribution < -0.4 is 16.0 Å². The van der Waals surface area contributed by atoms with Crippen LogP contribution in [-0.2, 0) is 11.8 Å². The van der Waals surface area contributed by atoms with E-state index < -0.39 is 0 Å². The van der Waals surface area contributed by atoms with Crippen molar-refractivity contribution in [2.24, 2.45) is 7.05 Å². The van der Waals surface area contributed by atoms with E-state index >= 15 is 0 Å². The van der Waals surface area contributed by atoms with Gasteiger partial charge in [-0.1, -0.05) is 6.07 Å². The normalized spacial score (nSPS) is 11.8. The number of urea groups is 1. The van der Waals surface area contributed by atoms with Crippen LogP contribution in [0, 0.1) is 27.7 Å². The monoisotopic (exact) mass is 357 g/mol. The van der Waals surface area contributed by atoms with E-state index in [0.29, 0.717) is 5.69 Å². The van der Waals surface area contributed by atoms with Crippen LogP contribution in [0.4, 0.5) is 16.2 Å². The summed E-state index contributed by atoms with van der Waals surface area (Å²) >= 11 is 0. The van der Waals surface area contributed by atoms with Gasteiger partial charge in [0.25, 0.3) is 0 Å². The van der Waals surface area contributed by atoms with Crippen LogP contribution in [0.1, 0.15) is 48.0 Å². The van der Waals surface area contributed by atoms with Gasteiger partial charge in [-0.05, 0) is 51.8 Å². The van der Waals surface area contributed by atoms with E-state index in [1.807, 2.05) is 58.5 Å². The molecule has 7 heteroatoms. The molecule has 2 aromatic rings. The molecule has 1 aromatic carbocycles. The first-order valence-corrected chi connectivity index (χ1v) is 8.57. The lowest BCUT2D eigenvalue weighted by atomic mass is 10.1. The Labute approximate surface area is 154 Å². The van der Waals surface area contributed by atoms with Gasteiger partial charge in [-0.2, -0.15) is 5.10 Å². The maximum absolute atomic E-state index is 12.5. The van der Waals surface area contributed by atoms with E-state index in [0.717, 1.165) is 33.8 Å². The molecule has 0 unspecified atom stereocenters. The third-order valence-electron chi connectivity index (χ3n) is 4.57. The summed E-state index contributed by atoms with van der Waals surface area (Å²) in [6, 6.07) is 3.22. The highest BCUT2D eigenvalue weighted by molar-refractivity contribution is 5.95. The van der Waals surface area contributed by atoms with Gasteiger partial charge in [0.2, 0.25) is 5.91 Å². The summed E-state index contributed by atoms with van der Waals surface area (Å²) < 4.78 is 1.81. The van der Waals surface area contributed by atoms with Crippen molar-refractivity contribution in [3.8, 4) is 0 Å². The molecule has 3 amide bonds. The summed E-state index contributed by atoms with van der Waals surface area (Å²) in [7, 11) is 1.89. The van der Waals surface area contributed by atoms with Crippen LogP contribution >= 0.6 is 0 Å². The Morgan fingerprint density at radius 1 is 1.12 bits per heavy atom. The van der Waals surface area contributed by atoms with E-state index in [4.69, 9.17) is 0 Å². The van der Waals surface area contributed by atoms with Gasteiger partial charge in [-0.15, -0.1) is 0 Å². The van der Waals surface area contributed by atoms with Crippen LogP contribution in [0.25, 0.3) is 0 Å². The number of aryl methyl sites for hydroxylation is 3. The minimum absolute atomic E-state index is 0.144. The lowest BCUT2D eigenvalue weighted by molar-refractivity contribution is -0.114. The van der Waals surface area contributed by atoms with Crippen molar-refractivity contribution in [2.45, 2.75) is 47.6 Å². The quantitative estimate of drug-likeness (QED) is 0.782. The van der Waals surface area contributed by atoms with Crippen molar-refractivity contribution < 1.29 is 9.59 Å². The Bertz CT molecular complexity index is 854. The molecule has 2 rings (SSSR count). The molecule has 26 heavy (non-hydrogen) atoms. The highest BCUT2D eigenvalue weighted by atomic mass is 16.2. The molecular weight excluding hydrogens is 330 g/mol. The Morgan fingerprint density at radius 2 is 1.77 bits per heavy atom. The molecule has 0 saturated heterocycles. The lowest BCUT2D eigenvalue weighted by Gasteiger charge is -2.18. The molecule has 3 N–H and O–H groups in total. The number of hydrogen-bond acceptors (Lipinski definition) is 3. The molecular formula is C19H27N5O2. The van der Waals surface area contributed by atoms with Crippen LogP contribution in [0.5, 0.6) is 0 Å². The molecule has 1 aromatic heterocycles. The van der Waals surface area contributed by atoms with Gasteiger partial charge in [0, 0.05) is 36.6 Å². The molecule has 0 fully saturated rings. The number of anilines is 2. The number of hydrogen-bond donors (Lipinski definition) is 3. The van der Waals surface area contributed by atoms with Gasteiger partial charge in [-0.3, -0.25) is 9.48 Å². The smallest absolute Gasteiger partial charge is 0.319 e. The molecule has 0 aliphatic carbocycles. The molecule has 0 aliphatic rings. The molecule has 0 bridgehead atoms. The van der Waals surface area contributed by atoms with Crippen molar-refractivity contribution in [3.05, 3.63) is 40.2 Å². The zero-order chi connectivity index (χ0) is 19.6. The first-order chi connectivity index (χ1) is 12.1. The fourth-order valence-electron chi connectivity index (χ4n) is 3.19. The average molecular weight is 357 g/mol. The van der Waals surface area contributed by atoms with E-state index in [2.05, 4.69) is 21.0 Å². The van der Waals surface area contributed by atoms with E-state index in [-0.39, 0.29) is 18.0 Å². The molecule has 1 atom stereocenters. The predicted molar refractivity (Wildman–Crippen MR) is 103 cm³/mol. The maximum Gasteiger partial charge on any atom is 0.319 e. The summed E-state index contributed by atoms with van der Waals surface area (Å²) in [5.41, 5.74) is 6.08. The van der Waals surface area contributed by atoms with Crippen molar-refractivity contribution in [1.82, 2.24) is 15.1 Å². The zero-order valence-electron chi connectivity index (χ0n) is 16.4. The van der Waals surface area contributed by atoms with Gasteiger partial charge < -0.3 is 16.0 Å². The number of amides is 3. The number of carbonyl (C=O) groups excluding carboxylic acids is 2. The number of rotatable bonds is 4. The molecule has 0 radical (unpaired) electrons. The summed E-state index contributed by atoms with van der Waals surface area (Å²) in [5.74, 6) is -0.144. The number of aromatic nitrogens is 2. The fraction of sp³-hybridized carbons (Fsp3) is 0.421. The first kappa shape index (κ1) is 19.5. The summed E-state index contributed by atoms with van der Waals surface area (Å²) in [5, 5.41) is 13.0. The van der Waals surface area contributed by atoms with E-state index in [1.165, 1.54) is 6.92 Å². The highest BCUT2D eigenvalue weighted by Crippen LogP contribution is 2.27. The standard InChI is InChI=1S/C19H27N5O2/c1-10-8-9-16(11(2)18(10)21-15(6)25)22-19(26)20-12(3)17-13(4)23-24(7)14(17)5/h8-9,12H,1-7H3,(H,21,25)(H2,20,22,26)/t12-/m0/s1. The molecule has 0 saturated carbocycles. The predicted octanol–water partition coefficient (Wildman–Crippen LogP) is 3.49.